The normalized spacial score (nSPS) is 19.5. The van der Waals surface area contributed by atoms with Gasteiger partial charge in [0, 0.05) is 47.6 Å². The Hall–Kier alpha value is -4.40. The molecule has 4 aromatic rings. The molecule has 1 aromatic carbocycles. The van der Waals surface area contributed by atoms with Crippen molar-refractivity contribution in [3.05, 3.63) is 78.4 Å². The lowest BCUT2D eigenvalue weighted by Gasteiger charge is -2.39. The number of amides is 3. The first-order valence-corrected chi connectivity index (χ1v) is 13.3. The summed E-state index contributed by atoms with van der Waals surface area (Å²) in [5.41, 5.74) is 3.05. The number of para-hydroxylation sites is 1. The number of hydrogen-bond acceptors (Lipinski definition) is 4. The van der Waals surface area contributed by atoms with Gasteiger partial charge in [0.2, 0.25) is 5.91 Å². The van der Waals surface area contributed by atoms with E-state index in [9.17, 15) is 14.4 Å². The van der Waals surface area contributed by atoms with Crippen LogP contribution in [0.1, 0.15) is 48.2 Å². The van der Waals surface area contributed by atoms with Gasteiger partial charge in [0.25, 0.3) is 11.8 Å². The quantitative estimate of drug-likeness (QED) is 0.368. The Morgan fingerprint density at radius 1 is 1.00 bits per heavy atom. The predicted molar refractivity (Wildman–Crippen MR) is 148 cm³/mol. The predicted octanol–water partition coefficient (Wildman–Crippen LogP) is 3.83. The Kier molecular flexibility index (Phi) is 6.01. The Morgan fingerprint density at radius 2 is 1.77 bits per heavy atom. The van der Waals surface area contributed by atoms with Crippen molar-refractivity contribution < 1.29 is 14.4 Å². The average Bonchev–Trinajstić information content (AvgIpc) is 3.73. The number of likely N-dealkylation sites (tertiary alicyclic amines) is 2. The number of rotatable bonds is 5. The number of nitrogens with zero attached hydrogens (tertiary/aromatic N) is 3. The van der Waals surface area contributed by atoms with E-state index in [1.54, 1.807) is 18.3 Å². The Labute approximate surface area is 226 Å². The molecular formula is C30H32N6O3. The molecule has 0 saturated carbocycles. The monoisotopic (exact) mass is 524 g/mol. The number of aromatic amines is 2. The highest BCUT2D eigenvalue weighted by Gasteiger charge is 2.50. The van der Waals surface area contributed by atoms with Crippen LogP contribution in [0.15, 0.2) is 67.0 Å². The van der Waals surface area contributed by atoms with Crippen molar-refractivity contribution in [2.45, 2.75) is 45.3 Å². The van der Waals surface area contributed by atoms with Crippen LogP contribution >= 0.6 is 0 Å². The van der Waals surface area contributed by atoms with Crippen LogP contribution in [0.25, 0.3) is 22.2 Å². The zero-order valence-corrected chi connectivity index (χ0v) is 22.3. The maximum absolute atomic E-state index is 13.8. The van der Waals surface area contributed by atoms with Crippen LogP contribution in [0.5, 0.6) is 0 Å². The lowest BCUT2D eigenvalue weighted by Crippen LogP contribution is -2.59. The summed E-state index contributed by atoms with van der Waals surface area (Å²) in [5, 5.41) is 3.93. The summed E-state index contributed by atoms with van der Waals surface area (Å²) in [6.07, 6.45) is 4.28. The molecule has 2 fully saturated rings. The number of hydrogen-bond donors (Lipinski definition) is 3. The minimum atomic E-state index is -0.706. The fourth-order valence-corrected chi connectivity index (χ4v) is 5.74. The molecule has 9 heteroatoms. The molecule has 2 aliphatic rings. The summed E-state index contributed by atoms with van der Waals surface area (Å²) in [7, 11) is 0. The van der Waals surface area contributed by atoms with E-state index in [0.29, 0.717) is 24.5 Å². The average molecular weight is 525 g/mol. The number of H-pyrrole nitrogens is 2. The minimum Gasteiger partial charge on any atom is -0.361 e. The second kappa shape index (κ2) is 9.41. The minimum absolute atomic E-state index is 0.0682. The first-order valence-electron chi connectivity index (χ1n) is 13.3. The molecule has 3 amide bonds. The van der Waals surface area contributed by atoms with Gasteiger partial charge in [-0.25, -0.2) is 0 Å². The number of aromatic nitrogens is 3. The molecule has 3 N–H and O–H groups in total. The zero-order valence-electron chi connectivity index (χ0n) is 22.3. The van der Waals surface area contributed by atoms with Gasteiger partial charge < -0.3 is 25.1 Å². The summed E-state index contributed by atoms with van der Waals surface area (Å²) >= 11 is 0. The third-order valence-electron chi connectivity index (χ3n) is 7.84. The summed E-state index contributed by atoms with van der Waals surface area (Å²) in [5.74, 6) is -0.540. The van der Waals surface area contributed by atoms with Gasteiger partial charge in [0.15, 0.2) is 0 Å². The van der Waals surface area contributed by atoms with Gasteiger partial charge in [0.05, 0.1) is 12.1 Å². The second-order valence-electron chi connectivity index (χ2n) is 11.6. The third kappa shape index (κ3) is 4.58. The van der Waals surface area contributed by atoms with Gasteiger partial charge in [-0.3, -0.25) is 19.4 Å². The Morgan fingerprint density at radius 3 is 2.41 bits per heavy atom. The summed E-state index contributed by atoms with van der Waals surface area (Å²) in [6, 6.07) is 16.1. The highest BCUT2D eigenvalue weighted by atomic mass is 16.2. The SMILES string of the molecule is CC(C)(C)[C@H](NC(=O)c1cc2ccccc2[nH]1)C(=O)N1C[C@@H]2C[C@H]1CN2C(=O)c1ccc(-c2ccc[nH]2)cn1. The first-order chi connectivity index (χ1) is 18.7. The van der Waals surface area contributed by atoms with Crippen molar-refractivity contribution >= 4 is 28.6 Å². The van der Waals surface area contributed by atoms with E-state index in [1.807, 2.05) is 79.2 Å². The molecule has 0 unspecified atom stereocenters. The van der Waals surface area contributed by atoms with Gasteiger partial charge in [0.1, 0.15) is 17.4 Å². The Bertz CT molecular complexity index is 1500. The Balaban J connectivity index is 1.13. The molecule has 2 saturated heterocycles. The molecule has 3 atom stereocenters. The van der Waals surface area contributed by atoms with Gasteiger partial charge >= 0.3 is 0 Å². The molecule has 3 aromatic heterocycles. The lowest BCUT2D eigenvalue weighted by atomic mass is 9.85. The van der Waals surface area contributed by atoms with E-state index in [4.69, 9.17) is 0 Å². The summed E-state index contributed by atoms with van der Waals surface area (Å²) in [6.45, 7) is 6.77. The van der Waals surface area contributed by atoms with Crippen molar-refractivity contribution in [1.82, 2.24) is 30.1 Å². The molecule has 2 aliphatic heterocycles. The zero-order chi connectivity index (χ0) is 27.3. The number of carbonyl (C=O) groups is 3. The van der Waals surface area contributed by atoms with E-state index in [0.717, 1.165) is 28.6 Å². The molecule has 0 aliphatic carbocycles. The maximum Gasteiger partial charge on any atom is 0.272 e. The fourth-order valence-electron chi connectivity index (χ4n) is 5.74. The van der Waals surface area contributed by atoms with Crippen LogP contribution in [0, 0.1) is 5.41 Å². The summed E-state index contributed by atoms with van der Waals surface area (Å²) < 4.78 is 0. The molecular weight excluding hydrogens is 492 g/mol. The van der Waals surface area contributed by atoms with Crippen molar-refractivity contribution in [2.24, 2.45) is 5.41 Å². The van der Waals surface area contributed by atoms with Crippen molar-refractivity contribution in [1.29, 1.82) is 0 Å². The van der Waals surface area contributed by atoms with Crippen LogP contribution in [0.2, 0.25) is 0 Å². The van der Waals surface area contributed by atoms with Crippen LogP contribution in [-0.2, 0) is 4.79 Å². The fraction of sp³-hybridized carbons (Fsp3) is 0.333. The molecule has 200 valence electrons. The smallest absolute Gasteiger partial charge is 0.272 e. The maximum atomic E-state index is 13.8. The van der Waals surface area contributed by atoms with Gasteiger partial charge in [-0.05, 0) is 48.2 Å². The third-order valence-corrected chi connectivity index (χ3v) is 7.84. The lowest BCUT2D eigenvalue weighted by molar-refractivity contribution is -0.138. The van der Waals surface area contributed by atoms with Gasteiger partial charge in [-0.2, -0.15) is 0 Å². The topological polar surface area (TPSA) is 114 Å². The highest BCUT2D eigenvalue weighted by Crippen LogP contribution is 2.34. The molecule has 6 rings (SSSR count). The molecule has 2 bridgehead atoms. The molecule has 0 radical (unpaired) electrons. The molecule has 5 heterocycles. The van der Waals surface area contributed by atoms with Crippen molar-refractivity contribution in [3.8, 4) is 11.3 Å². The number of benzene rings is 1. The summed E-state index contributed by atoms with van der Waals surface area (Å²) in [4.78, 5) is 54.6. The second-order valence-corrected chi connectivity index (χ2v) is 11.6. The standard InChI is InChI=1S/C30H32N6O3/c1-30(2,3)26(34-27(37)25-13-18-7-4-5-8-23(18)33-25)29(39)36-17-20-14-21(36)16-35(20)28(38)24-11-10-19(15-32-24)22-9-6-12-31-22/h4-13,15,20-21,26,31,33H,14,16-17H2,1-3H3,(H,34,37)/t20-,21-,26+/m0/s1. The van der Waals surface area contributed by atoms with Gasteiger partial charge in [-0.15, -0.1) is 0 Å². The largest absolute Gasteiger partial charge is 0.361 e. The number of pyridine rings is 1. The van der Waals surface area contributed by atoms with E-state index in [1.165, 1.54) is 0 Å². The van der Waals surface area contributed by atoms with Crippen LogP contribution in [-0.4, -0.2) is 73.7 Å². The highest BCUT2D eigenvalue weighted by molar-refractivity contribution is 6.00. The molecule has 39 heavy (non-hydrogen) atoms. The van der Waals surface area contributed by atoms with Crippen molar-refractivity contribution in [3.63, 3.8) is 0 Å². The van der Waals surface area contributed by atoms with Crippen molar-refractivity contribution in [2.75, 3.05) is 13.1 Å². The van der Waals surface area contributed by atoms with E-state index in [-0.39, 0.29) is 29.8 Å². The van der Waals surface area contributed by atoms with E-state index >= 15 is 0 Å². The van der Waals surface area contributed by atoms with Crippen LogP contribution in [0.4, 0.5) is 0 Å². The van der Waals surface area contributed by atoms with Crippen LogP contribution in [0.3, 0.4) is 0 Å². The first kappa shape index (κ1) is 24.9. The van der Waals surface area contributed by atoms with E-state index in [2.05, 4.69) is 20.3 Å². The number of carbonyl (C=O) groups excluding carboxylic acids is 3. The number of nitrogens with one attached hydrogen (secondary N) is 3. The van der Waals surface area contributed by atoms with E-state index < -0.39 is 11.5 Å². The van der Waals surface area contributed by atoms with Gasteiger partial charge in [-0.1, -0.05) is 39.0 Å². The van der Waals surface area contributed by atoms with Crippen LogP contribution < -0.4 is 5.32 Å². The molecule has 9 nitrogen and oxygen atoms in total. The number of piperazine rings is 1. The number of fused-ring (bicyclic) bond motifs is 3. The molecule has 0 spiro atoms.